The van der Waals surface area contributed by atoms with E-state index in [-0.39, 0.29) is 23.8 Å². The molecule has 3 aromatic rings. The summed E-state index contributed by atoms with van der Waals surface area (Å²) in [5.41, 5.74) is 3.31. The molecule has 6 heteroatoms. The number of rotatable bonds is 7. The fourth-order valence-corrected chi connectivity index (χ4v) is 4.12. The molecule has 1 aliphatic rings. The van der Waals surface area contributed by atoms with Crippen molar-refractivity contribution in [1.29, 1.82) is 0 Å². The van der Waals surface area contributed by atoms with Gasteiger partial charge in [0, 0.05) is 22.3 Å². The second-order valence-corrected chi connectivity index (χ2v) is 8.87. The van der Waals surface area contributed by atoms with Gasteiger partial charge in [-0.3, -0.25) is 9.59 Å². The minimum Gasteiger partial charge on any atom is -0.492 e. The smallest absolute Gasteiger partial charge is 0.255 e. The summed E-state index contributed by atoms with van der Waals surface area (Å²) in [5, 5.41) is 6.52. The molecular formula is C27H27ClN2O3. The van der Waals surface area contributed by atoms with Crippen molar-refractivity contribution in [3.05, 3.63) is 94.5 Å². The van der Waals surface area contributed by atoms with Gasteiger partial charge < -0.3 is 15.4 Å². The average Bonchev–Trinajstić information content (AvgIpc) is 2.83. The third kappa shape index (κ3) is 6.14. The molecule has 0 bridgehead atoms. The molecule has 0 radical (unpaired) electrons. The van der Waals surface area contributed by atoms with Gasteiger partial charge in [-0.2, -0.15) is 0 Å². The predicted molar refractivity (Wildman–Crippen MR) is 131 cm³/mol. The molecule has 33 heavy (non-hydrogen) atoms. The minimum atomic E-state index is -0.268. The standard InChI is InChI=1S/C27H27ClN2O3/c1-18(10-11-19-6-3-2-4-7-19)29-27(32)22-14-21-16-24(12-13-25(21)33-17-22)30-26(31)20-8-5-9-23(28)15-20/h2-9,12-13,15-16,18,22H,10-11,14,17H2,1H3,(H,29,32)(H,30,31). The SMILES string of the molecule is CC(CCc1ccccc1)NC(=O)C1COc2ccc(NC(=O)c3cccc(Cl)c3)cc2C1. The number of hydrogen-bond acceptors (Lipinski definition) is 3. The third-order valence-corrected chi connectivity index (χ3v) is 6.01. The monoisotopic (exact) mass is 462 g/mol. The van der Waals surface area contributed by atoms with Crippen molar-refractivity contribution in [3.63, 3.8) is 0 Å². The van der Waals surface area contributed by atoms with Gasteiger partial charge in [-0.25, -0.2) is 0 Å². The van der Waals surface area contributed by atoms with E-state index < -0.39 is 0 Å². The van der Waals surface area contributed by atoms with Crippen LogP contribution in [-0.2, 0) is 17.6 Å². The van der Waals surface area contributed by atoms with Gasteiger partial charge in [0.05, 0.1) is 5.92 Å². The number of benzene rings is 3. The molecule has 5 nitrogen and oxygen atoms in total. The summed E-state index contributed by atoms with van der Waals surface area (Å²) in [5.74, 6) is 0.234. The fraction of sp³-hybridized carbons (Fsp3) is 0.259. The number of anilines is 1. The number of hydrogen-bond donors (Lipinski definition) is 2. The number of nitrogens with one attached hydrogen (secondary N) is 2. The number of halogens is 1. The van der Waals surface area contributed by atoms with Crippen LogP contribution in [0.3, 0.4) is 0 Å². The Morgan fingerprint density at radius 2 is 1.88 bits per heavy atom. The molecule has 0 fully saturated rings. The largest absolute Gasteiger partial charge is 0.492 e. The normalized spacial score (nSPS) is 15.6. The molecule has 2 unspecified atom stereocenters. The van der Waals surface area contributed by atoms with E-state index in [2.05, 4.69) is 22.8 Å². The van der Waals surface area contributed by atoms with Crippen molar-refractivity contribution in [2.45, 2.75) is 32.2 Å². The number of amides is 2. The lowest BCUT2D eigenvalue weighted by molar-refractivity contribution is -0.126. The molecule has 1 aliphatic heterocycles. The lowest BCUT2D eigenvalue weighted by Crippen LogP contribution is -2.41. The zero-order valence-corrected chi connectivity index (χ0v) is 19.3. The average molecular weight is 463 g/mol. The van der Waals surface area contributed by atoms with Gasteiger partial charge in [-0.15, -0.1) is 0 Å². The summed E-state index contributed by atoms with van der Waals surface area (Å²) in [6, 6.07) is 22.6. The molecule has 3 aromatic carbocycles. The Balaban J connectivity index is 1.34. The van der Waals surface area contributed by atoms with Gasteiger partial charge in [0.25, 0.3) is 5.91 Å². The molecule has 0 aliphatic carbocycles. The van der Waals surface area contributed by atoms with Gasteiger partial charge in [0.15, 0.2) is 0 Å². The molecular weight excluding hydrogens is 436 g/mol. The number of aryl methyl sites for hydroxylation is 1. The maximum Gasteiger partial charge on any atom is 0.255 e. The van der Waals surface area contributed by atoms with E-state index in [1.807, 2.05) is 37.3 Å². The van der Waals surface area contributed by atoms with Crippen molar-refractivity contribution < 1.29 is 14.3 Å². The van der Waals surface area contributed by atoms with E-state index in [1.165, 1.54) is 5.56 Å². The molecule has 0 saturated carbocycles. The first-order chi connectivity index (χ1) is 16.0. The second kappa shape index (κ2) is 10.5. The molecule has 0 spiro atoms. The highest BCUT2D eigenvalue weighted by molar-refractivity contribution is 6.31. The van der Waals surface area contributed by atoms with Crippen molar-refractivity contribution in [1.82, 2.24) is 5.32 Å². The molecule has 0 aromatic heterocycles. The molecule has 1 heterocycles. The van der Waals surface area contributed by atoms with Crippen LogP contribution < -0.4 is 15.4 Å². The van der Waals surface area contributed by atoms with Crippen molar-refractivity contribution >= 4 is 29.1 Å². The summed E-state index contributed by atoms with van der Waals surface area (Å²) >= 11 is 5.98. The van der Waals surface area contributed by atoms with Crippen LogP contribution in [0.2, 0.25) is 5.02 Å². The van der Waals surface area contributed by atoms with Crippen LogP contribution >= 0.6 is 11.6 Å². The van der Waals surface area contributed by atoms with Gasteiger partial charge in [-0.1, -0.05) is 48.0 Å². The summed E-state index contributed by atoms with van der Waals surface area (Å²) in [4.78, 5) is 25.4. The van der Waals surface area contributed by atoms with Crippen LogP contribution in [0.1, 0.15) is 34.8 Å². The topological polar surface area (TPSA) is 67.4 Å². The fourth-order valence-electron chi connectivity index (χ4n) is 3.93. The Bertz CT molecular complexity index is 1130. The maximum absolute atomic E-state index is 12.8. The van der Waals surface area contributed by atoms with E-state index in [1.54, 1.807) is 30.3 Å². The Hall–Kier alpha value is -3.31. The Kier molecular flexibility index (Phi) is 7.30. The van der Waals surface area contributed by atoms with Gasteiger partial charge in [0.1, 0.15) is 12.4 Å². The minimum absolute atomic E-state index is 0.00502. The zero-order valence-electron chi connectivity index (χ0n) is 18.5. The highest BCUT2D eigenvalue weighted by Gasteiger charge is 2.27. The van der Waals surface area contributed by atoms with Gasteiger partial charge >= 0.3 is 0 Å². The van der Waals surface area contributed by atoms with Crippen LogP contribution in [0.4, 0.5) is 5.69 Å². The molecule has 170 valence electrons. The van der Waals surface area contributed by atoms with Crippen LogP contribution in [0.25, 0.3) is 0 Å². The van der Waals surface area contributed by atoms with E-state index in [4.69, 9.17) is 16.3 Å². The summed E-state index contributed by atoms with van der Waals surface area (Å²) < 4.78 is 5.84. The highest BCUT2D eigenvalue weighted by atomic mass is 35.5. The van der Waals surface area contributed by atoms with Crippen molar-refractivity contribution in [3.8, 4) is 5.75 Å². The molecule has 2 atom stereocenters. The van der Waals surface area contributed by atoms with E-state index in [0.717, 1.165) is 24.2 Å². The molecule has 2 amide bonds. The Morgan fingerprint density at radius 1 is 1.06 bits per heavy atom. The summed E-state index contributed by atoms with van der Waals surface area (Å²) in [7, 11) is 0. The molecule has 4 rings (SSSR count). The first-order valence-electron chi connectivity index (χ1n) is 11.1. The van der Waals surface area contributed by atoms with Crippen LogP contribution in [0.5, 0.6) is 5.75 Å². The maximum atomic E-state index is 12.8. The van der Waals surface area contributed by atoms with E-state index in [0.29, 0.717) is 29.3 Å². The van der Waals surface area contributed by atoms with Crippen LogP contribution in [0.15, 0.2) is 72.8 Å². The summed E-state index contributed by atoms with van der Waals surface area (Å²) in [6.45, 7) is 2.38. The second-order valence-electron chi connectivity index (χ2n) is 8.43. The van der Waals surface area contributed by atoms with Crippen molar-refractivity contribution in [2.75, 3.05) is 11.9 Å². The number of ether oxygens (including phenoxy) is 1. The van der Waals surface area contributed by atoms with E-state index >= 15 is 0 Å². The predicted octanol–water partition coefficient (Wildman–Crippen LogP) is 5.28. The number of carbonyl (C=O) groups is 2. The van der Waals surface area contributed by atoms with Crippen LogP contribution in [-0.4, -0.2) is 24.5 Å². The van der Waals surface area contributed by atoms with Gasteiger partial charge in [0.2, 0.25) is 5.91 Å². The zero-order chi connectivity index (χ0) is 23.2. The number of fused-ring (bicyclic) bond motifs is 1. The molecule has 0 saturated heterocycles. The van der Waals surface area contributed by atoms with Crippen LogP contribution in [0, 0.1) is 5.92 Å². The first kappa shape index (κ1) is 22.9. The lowest BCUT2D eigenvalue weighted by atomic mass is 9.95. The molecule has 2 N–H and O–H groups in total. The first-order valence-corrected chi connectivity index (χ1v) is 11.5. The highest BCUT2D eigenvalue weighted by Crippen LogP contribution is 2.30. The lowest BCUT2D eigenvalue weighted by Gasteiger charge is -2.26. The Labute approximate surface area is 199 Å². The quantitative estimate of drug-likeness (QED) is 0.502. The summed E-state index contributed by atoms with van der Waals surface area (Å²) in [6.07, 6.45) is 2.36. The van der Waals surface area contributed by atoms with Crippen molar-refractivity contribution in [2.24, 2.45) is 5.92 Å². The van der Waals surface area contributed by atoms with E-state index in [9.17, 15) is 9.59 Å². The third-order valence-electron chi connectivity index (χ3n) is 5.78. The van der Waals surface area contributed by atoms with Gasteiger partial charge in [-0.05, 0) is 73.7 Å². The Morgan fingerprint density at radius 3 is 2.67 bits per heavy atom. The number of carbonyl (C=O) groups excluding carboxylic acids is 2.